The maximum absolute atomic E-state index is 12.6. The molecule has 3 rings (SSSR count). The van der Waals surface area contributed by atoms with Crippen molar-refractivity contribution in [1.29, 1.82) is 0 Å². The van der Waals surface area contributed by atoms with E-state index in [-0.39, 0.29) is 22.6 Å². The van der Waals surface area contributed by atoms with Crippen LogP contribution in [0.3, 0.4) is 0 Å². The van der Waals surface area contributed by atoms with Crippen LogP contribution < -0.4 is 20.1 Å². The van der Waals surface area contributed by atoms with E-state index in [1.54, 1.807) is 26.0 Å². The van der Waals surface area contributed by atoms with Gasteiger partial charge < -0.3 is 10.1 Å². The molecule has 3 aromatic rings. The topological polar surface area (TPSA) is 122 Å². The molecule has 9 nitrogen and oxygen atoms in total. The highest BCUT2D eigenvalue weighted by molar-refractivity contribution is 14.1. The van der Waals surface area contributed by atoms with Gasteiger partial charge in [0.25, 0.3) is 15.9 Å². The van der Waals surface area contributed by atoms with Crippen molar-refractivity contribution in [1.82, 2.24) is 15.3 Å². The summed E-state index contributed by atoms with van der Waals surface area (Å²) < 4.78 is 34.9. The molecule has 0 saturated carbocycles. The maximum Gasteiger partial charge on any atom is 0.264 e. The number of halogens is 2. The Bertz CT molecular complexity index is 1330. The minimum Gasteiger partial charge on any atom is -0.483 e. The third-order valence-corrected chi connectivity index (χ3v) is 7.27. The van der Waals surface area contributed by atoms with Crippen molar-refractivity contribution in [2.45, 2.75) is 23.2 Å². The van der Waals surface area contributed by atoms with Gasteiger partial charge in [0.05, 0.1) is 4.90 Å². The van der Waals surface area contributed by atoms with E-state index in [9.17, 15) is 13.2 Å². The van der Waals surface area contributed by atoms with E-state index in [2.05, 4.69) is 63.8 Å². The standard InChI is InChI=1S/C22H21BrIN5O4S2/c1-13-9-14(2)26-21(25-13)29-35(31,32)18-6-4-17(5-7-18)27-22(34)28-20(30)12-33-19-8-3-16(23)10-15(19)11-24/h3-10H,11-12H2,1-2H3,(H,25,26,29)(H2,27,28,30,34). The normalized spacial score (nSPS) is 11.0. The van der Waals surface area contributed by atoms with Crippen molar-refractivity contribution in [2.75, 3.05) is 16.6 Å². The van der Waals surface area contributed by atoms with Crippen LogP contribution in [0.4, 0.5) is 11.6 Å². The number of nitrogens with one attached hydrogen (secondary N) is 3. The molecule has 3 N–H and O–H groups in total. The van der Waals surface area contributed by atoms with Crippen LogP contribution in [0, 0.1) is 13.8 Å². The SMILES string of the molecule is Cc1cc(C)nc(NS(=O)(=O)c2ccc(NC(=S)NC(=O)COc3ccc(Br)cc3CI)cc2)n1. The Morgan fingerprint density at radius 2 is 1.74 bits per heavy atom. The molecule has 1 amide bonds. The number of benzene rings is 2. The summed E-state index contributed by atoms with van der Waals surface area (Å²) in [5, 5.41) is 5.43. The number of rotatable bonds is 8. The van der Waals surface area contributed by atoms with E-state index in [4.69, 9.17) is 17.0 Å². The first-order valence-corrected chi connectivity index (χ1v) is 14.3. The number of anilines is 2. The van der Waals surface area contributed by atoms with Gasteiger partial charge in [0.2, 0.25) is 5.95 Å². The van der Waals surface area contributed by atoms with Crippen molar-refractivity contribution in [2.24, 2.45) is 0 Å². The molecule has 2 aromatic carbocycles. The molecule has 0 fully saturated rings. The summed E-state index contributed by atoms with van der Waals surface area (Å²) >= 11 is 10.8. The van der Waals surface area contributed by atoms with E-state index < -0.39 is 15.9 Å². The number of thiocarbonyl (C=S) groups is 1. The van der Waals surface area contributed by atoms with Crippen LogP contribution in [0.25, 0.3) is 0 Å². The molecule has 13 heteroatoms. The van der Waals surface area contributed by atoms with E-state index in [0.29, 0.717) is 22.8 Å². The zero-order valence-corrected chi connectivity index (χ0v) is 24.0. The number of alkyl halides is 1. The van der Waals surface area contributed by atoms with Crippen molar-refractivity contribution >= 4 is 83.4 Å². The number of amides is 1. The second-order valence-corrected chi connectivity index (χ2v) is 11.0. The number of aryl methyl sites for hydroxylation is 2. The van der Waals surface area contributed by atoms with E-state index in [0.717, 1.165) is 14.5 Å². The molecular formula is C22H21BrIN5O4S2. The molecule has 0 aliphatic carbocycles. The van der Waals surface area contributed by atoms with E-state index in [1.165, 1.54) is 24.3 Å². The molecule has 0 aliphatic heterocycles. The number of sulfonamides is 1. The fourth-order valence-corrected chi connectivity index (χ4v) is 5.11. The van der Waals surface area contributed by atoms with Crippen LogP contribution in [0.15, 0.2) is 57.9 Å². The number of nitrogens with zero attached hydrogens (tertiary/aromatic N) is 2. The zero-order valence-electron chi connectivity index (χ0n) is 18.6. The number of carbonyl (C=O) groups excluding carboxylic acids is 1. The number of hydrogen-bond donors (Lipinski definition) is 3. The average molecular weight is 690 g/mol. The molecule has 0 bridgehead atoms. The Hall–Kier alpha value is -2.36. The largest absolute Gasteiger partial charge is 0.483 e. The van der Waals surface area contributed by atoms with Gasteiger partial charge in [-0.25, -0.2) is 23.1 Å². The minimum atomic E-state index is -3.88. The third-order valence-electron chi connectivity index (χ3n) is 4.41. The number of ether oxygens (including phenoxy) is 1. The third kappa shape index (κ3) is 8.08. The highest BCUT2D eigenvalue weighted by Crippen LogP contribution is 2.25. The molecule has 1 heterocycles. The molecule has 0 unspecified atom stereocenters. The Balaban J connectivity index is 1.55. The van der Waals surface area contributed by atoms with Gasteiger partial charge in [0, 0.05) is 31.5 Å². The predicted octanol–water partition coefficient (Wildman–Crippen LogP) is 4.48. The molecule has 0 saturated heterocycles. The lowest BCUT2D eigenvalue weighted by Crippen LogP contribution is -2.37. The predicted molar refractivity (Wildman–Crippen MR) is 150 cm³/mol. The van der Waals surface area contributed by atoms with Crippen molar-refractivity contribution in [3.63, 3.8) is 0 Å². The number of carbonyl (C=O) groups is 1. The first kappa shape index (κ1) is 27.2. The highest BCUT2D eigenvalue weighted by Gasteiger charge is 2.16. The number of hydrogen-bond acceptors (Lipinski definition) is 7. The fraction of sp³-hybridized carbons (Fsp3) is 0.182. The summed E-state index contributed by atoms with van der Waals surface area (Å²) in [6, 6.07) is 13.2. The van der Waals surface area contributed by atoms with Crippen molar-refractivity contribution in [3.05, 3.63) is 70.0 Å². The van der Waals surface area contributed by atoms with Crippen molar-refractivity contribution in [3.8, 4) is 5.75 Å². The fourth-order valence-electron chi connectivity index (χ4n) is 2.93. The minimum absolute atomic E-state index is 0.00422. The van der Waals surface area contributed by atoms with Crippen LogP contribution >= 0.6 is 50.7 Å². The van der Waals surface area contributed by atoms with Crippen LogP contribution in [-0.4, -0.2) is 36.0 Å². The van der Waals surface area contributed by atoms with Gasteiger partial charge in [-0.05, 0) is 74.6 Å². The quantitative estimate of drug-likeness (QED) is 0.180. The van der Waals surface area contributed by atoms with Gasteiger partial charge >= 0.3 is 0 Å². The first-order chi connectivity index (χ1) is 16.6. The average Bonchev–Trinajstić information content (AvgIpc) is 2.77. The lowest BCUT2D eigenvalue weighted by molar-refractivity contribution is -0.121. The second-order valence-electron chi connectivity index (χ2n) is 7.28. The molecule has 0 aliphatic rings. The highest BCUT2D eigenvalue weighted by atomic mass is 127. The summed E-state index contributed by atoms with van der Waals surface area (Å²) in [6.07, 6.45) is 0. The molecular weight excluding hydrogens is 669 g/mol. The molecule has 0 atom stereocenters. The molecule has 1 aromatic heterocycles. The number of aromatic nitrogens is 2. The van der Waals surface area contributed by atoms with Gasteiger partial charge in [-0.15, -0.1) is 0 Å². The van der Waals surface area contributed by atoms with Crippen LogP contribution in [0.1, 0.15) is 17.0 Å². The van der Waals surface area contributed by atoms with Gasteiger partial charge in [0.15, 0.2) is 11.7 Å². The summed E-state index contributed by atoms with van der Waals surface area (Å²) in [5.41, 5.74) is 2.76. The summed E-state index contributed by atoms with van der Waals surface area (Å²) in [6.45, 7) is 3.30. The van der Waals surface area contributed by atoms with Gasteiger partial charge in [-0.2, -0.15) is 0 Å². The monoisotopic (exact) mass is 689 g/mol. The maximum atomic E-state index is 12.6. The van der Waals surface area contributed by atoms with E-state index in [1.807, 2.05) is 12.1 Å². The Kier molecular flexibility index (Phi) is 9.38. The van der Waals surface area contributed by atoms with Gasteiger partial charge in [0.1, 0.15) is 5.75 Å². The summed E-state index contributed by atoms with van der Waals surface area (Å²) in [5.74, 6) is 0.194. The van der Waals surface area contributed by atoms with Crippen LogP contribution in [0.5, 0.6) is 5.75 Å². The summed E-state index contributed by atoms with van der Waals surface area (Å²) in [4.78, 5) is 20.4. The van der Waals surface area contributed by atoms with E-state index >= 15 is 0 Å². The molecule has 0 spiro atoms. The van der Waals surface area contributed by atoms with Crippen LogP contribution in [-0.2, 0) is 19.2 Å². The van der Waals surface area contributed by atoms with Crippen LogP contribution in [0.2, 0.25) is 0 Å². The molecule has 184 valence electrons. The Morgan fingerprint density at radius 1 is 1.09 bits per heavy atom. The van der Waals surface area contributed by atoms with Gasteiger partial charge in [-0.1, -0.05) is 38.5 Å². The van der Waals surface area contributed by atoms with Crippen molar-refractivity contribution < 1.29 is 17.9 Å². The Morgan fingerprint density at radius 3 is 2.37 bits per heavy atom. The Labute approximate surface area is 230 Å². The second kappa shape index (κ2) is 12.1. The molecule has 0 radical (unpaired) electrons. The lowest BCUT2D eigenvalue weighted by Gasteiger charge is -2.13. The summed E-state index contributed by atoms with van der Waals surface area (Å²) in [7, 11) is -3.88. The van der Waals surface area contributed by atoms with Gasteiger partial charge in [-0.3, -0.25) is 10.1 Å². The first-order valence-electron chi connectivity index (χ1n) is 10.1. The molecule has 35 heavy (non-hydrogen) atoms. The zero-order chi connectivity index (χ0) is 25.6. The smallest absolute Gasteiger partial charge is 0.264 e. The lowest BCUT2D eigenvalue weighted by atomic mass is 10.2.